The third kappa shape index (κ3) is 5.33. The molecule has 1 aromatic carbocycles. The molecule has 0 bridgehead atoms. The monoisotopic (exact) mass is 257 g/mol. The van der Waals surface area contributed by atoms with E-state index in [0.29, 0.717) is 6.54 Å². The van der Waals surface area contributed by atoms with Gasteiger partial charge in [0.25, 0.3) is 0 Å². The van der Waals surface area contributed by atoms with Crippen LogP contribution in [0.4, 0.5) is 0 Å². The third-order valence-corrected chi connectivity index (χ3v) is 4.13. The smallest absolute Gasteiger partial charge is 0.212 e. The van der Waals surface area contributed by atoms with Gasteiger partial charge in [-0.3, -0.25) is 0 Å². The number of hydrogen-bond donors (Lipinski definition) is 1. The van der Waals surface area contributed by atoms with Crippen LogP contribution in [-0.2, 0) is 16.6 Å². The molecule has 17 heavy (non-hydrogen) atoms. The average molecular weight is 257 g/mol. The van der Waals surface area contributed by atoms with Crippen LogP contribution in [0.25, 0.3) is 0 Å². The first-order valence-electron chi connectivity index (χ1n) is 5.96. The van der Waals surface area contributed by atoms with Gasteiger partial charge in [-0.1, -0.05) is 38.1 Å². The average Bonchev–Trinajstić information content (AvgIpc) is 2.30. The maximum atomic E-state index is 11.5. The fourth-order valence-electron chi connectivity index (χ4n) is 1.15. The van der Waals surface area contributed by atoms with Crippen LogP contribution in [0.1, 0.15) is 38.8 Å². The first-order chi connectivity index (χ1) is 7.93. The van der Waals surface area contributed by atoms with Gasteiger partial charge in [-0.25, -0.2) is 13.1 Å². The zero-order chi connectivity index (χ0) is 13.5. The maximum Gasteiger partial charge on any atom is 0.214 e. The van der Waals surface area contributed by atoms with Crippen LogP contribution in [0.15, 0.2) is 24.3 Å². The summed E-state index contributed by atoms with van der Waals surface area (Å²) in [4.78, 5) is 0. The molecule has 3 nitrogen and oxygen atoms in total. The van der Waals surface area contributed by atoms with Gasteiger partial charge in [0.1, 0.15) is 0 Å². The topological polar surface area (TPSA) is 46.2 Å². The van der Waals surface area contributed by atoms with Crippen LogP contribution in [0, 0.1) is 6.92 Å². The molecular formula is C13H23NO2S. The molecule has 1 N–H and O–H groups in total. The van der Waals surface area contributed by atoms with Crippen molar-refractivity contribution in [3.8, 4) is 0 Å². The Morgan fingerprint density at radius 3 is 2.18 bits per heavy atom. The molecule has 1 aromatic rings. The minimum absolute atomic E-state index is 0.368. The SMILES string of the molecule is CC.Cc1ccccc1CNS(=O)(=O)C(C)C. The van der Waals surface area contributed by atoms with Gasteiger partial charge in [-0.2, -0.15) is 0 Å². The number of aryl methyl sites for hydroxylation is 1. The lowest BCUT2D eigenvalue weighted by Gasteiger charge is -2.10. The van der Waals surface area contributed by atoms with Gasteiger partial charge in [0.2, 0.25) is 10.0 Å². The second-order valence-electron chi connectivity index (χ2n) is 3.84. The molecule has 0 fully saturated rings. The molecule has 4 heteroatoms. The van der Waals surface area contributed by atoms with Crippen molar-refractivity contribution >= 4 is 10.0 Å². The van der Waals surface area contributed by atoms with Crippen molar-refractivity contribution in [2.75, 3.05) is 0 Å². The second kappa shape index (κ2) is 7.45. The first kappa shape index (κ1) is 16.1. The molecule has 0 spiro atoms. The maximum absolute atomic E-state index is 11.5. The number of hydrogen-bond acceptors (Lipinski definition) is 2. The number of sulfonamides is 1. The van der Waals surface area contributed by atoms with E-state index in [1.165, 1.54) is 0 Å². The van der Waals surface area contributed by atoms with E-state index in [0.717, 1.165) is 11.1 Å². The summed E-state index contributed by atoms with van der Waals surface area (Å²) in [7, 11) is -3.16. The lowest BCUT2D eigenvalue weighted by atomic mass is 10.1. The Morgan fingerprint density at radius 2 is 1.71 bits per heavy atom. The highest BCUT2D eigenvalue weighted by atomic mass is 32.2. The van der Waals surface area contributed by atoms with Crippen LogP contribution < -0.4 is 4.72 Å². The summed E-state index contributed by atoms with van der Waals surface area (Å²) in [6.45, 7) is 9.67. The highest BCUT2D eigenvalue weighted by molar-refractivity contribution is 7.90. The molecule has 0 radical (unpaired) electrons. The standard InChI is InChI=1S/C11H17NO2S.C2H6/c1-9(2)15(13,14)12-8-11-7-5-4-6-10(11)3;1-2/h4-7,9,12H,8H2,1-3H3;1-2H3. The van der Waals surface area contributed by atoms with Gasteiger partial charge in [0.15, 0.2) is 0 Å². The highest BCUT2D eigenvalue weighted by Crippen LogP contribution is 2.07. The molecule has 0 atom stereocenters. The van der Waals surface area contributed by atoms with Crippen LogP contribution in [0.3, 0.4) is 0 Å². The fraction of sp³-hybridized carbons (Fsp3) is 0.538. The summed E-state index contributed by atoms with van der Waals surface area (Å²) in [5.74, 6) is 0. The van der Waals surface area contributed by atoms with Gasteiger partial charge in [-0.15, -0.1) is 0 Å². The Bertz CT molecular complexity index is 425. The summed E-state index contributed by atoms with van der Waals surface area (Å²) in [6, 6.07) is 7.75. The van der Waals surface area contributed by atoms with Crippen molar-refractivity contribution < 1.29 is 8.42 Å². The van der Waals surface area contributed by atoms with Gasteiger partial charge in [0, 0.05) is 6.54 Å². The van der Waals surface area contributed by atoms with Crippen LogP contribution >= 0.6 is 0 Å². The summed E-state index contributed by atoms with van der Waals surface area (Å²) in [6.07, 6.45) is 0. The van der Waals surface area contributed by atoms with Crippen molar-refractivity contribution in [3.05, 3.63) is 35.4 Å². The van der Waals surface area contributed by atoms with Crippen molar-refractivity contribution in [1.82, 2.24) is 4.72 Å². The van der Waals surface area contributed by atoms with E-state index in [4.69, 9.17) is 0 Å². The normalized spacial score (nSPS) is 10.9. The van der Waals surface area contributed by atoms with E-state index in [-0.39, 0.29) is 5.25 Å². The van der Waals surface area contributed by atoms with Crippen molar-refractivity contribution in [2.45, 2.75) is 46.4 Å². The largest absolute Gasteiger partial charge is 0.214 e. The zero-order valence-electron chi connectivity index (χ0n) is 11.3. The van der Waals surface area contributed by atoms with Gasteiger partial charge >= 0.3 is 0 Å². The number of rotatable bonds is 4. The molecule has 98 valence electrons. The van der Waals surface area contributed by atoms with E-state index < -0.39 is 10.0 Å². The Balaban J connectivity index is 0.00000121. The molecule has 0 saturated heterocycles. The van der Waals surface area contributed by atoms with Gasteiger partial charge in [-0.05, 0) is 31.9 Å². The Kier molecular flexibility index (Phi) is 7.07. The van der Waals surface area contributed by atoms with Crippen LogP contribution in [0.2, 0.25) is 0 Å². The molecule has 0 aliphatic rings. The van der Waals surface area contributed by atoms with Crippen LogP contribution in [0.5, 0.6) is 0 Å². The van der Waals surface area contributed by atoms with E-state index in [1.807, 2.05) is 45.0 Å². The Hall–Kier alpha value is -0.870. The number of nitrogens with one attached hydrogen (secondary N) is 1. The Morgan fingerprint density at radius 1 is 1.18 bits per heavy atom. The quantitative estimate of drug-likeness (QED) is 0.901. The van der Waals surface area contributed by atoms with Gasteiger partial charge in [0.05, 0.1) is 5.25 Å². The second-order valence-corrected chi connectivity index (χ2v) is 6.16. The van der Waals surface area contributed by atoms with Crippen molar-refractivity contribution in [3.63, 3.8) is 0 Å². The molecule has 0 aromatic heterocycles. The van der Waals surface area contributed by atoms with E-state index in [2.05, 4.69) is 4.72 Å². The minimum Gasteiger partial charge on any atom is -0.212 e. The molecule has 0 saturated carbocycles. The van der Waals surface area contributed by atoms with E-state index >= 15 is 0 Å². The van der Waals surface area contributed by atoms with E-state index in [9.17, 15) is 8.42 Å². The summed E-state index contributed by atoms with van der Waals surface area (Å²) in [5, 5.41) is -0.387. The predicted octanol–water partition coefficient (Wildman–Crippen LogP) is 2.85. The molecule has 0 amide bonds. The van der Waals surface area contributed by atoms with Crippen molar-refractivity contribution in [1.29, 1.82) is 0 Å². The molecule has 0 aliphatic heterocycles. The predicted molar refractivity (Wildman–Crippen MR) is 73.4 cm³/mol. The molecule has 0 unspecified atom stereocenters. The summed E-state index contributed by atoms with van der Waals surface area (Å²) in [5.41, 5.74) is 2.12. The molecule has 1 rings (SSSR count). The summed E-state index contributed by atoms with van der Waals surface area (Å²) >= 11 is 0. The number of benzene rings is 1. The summed E-state index contributed by atoms with van der Waals surface area (Å²) < 4.78 is 25.6. The first-order valence-corrected chi connectivity index (χ1v) is 7.51. The van der Waals surface area contributed by atoms with Crippen LogP contribution in [-0.4, -0.2) is 13.7 Å². The zero-order valence-corrected chi connectivity index (χ0v) is 12.1. The van der Waals surface area contributed by atoms with E-state index in [1.54, 1.807) is 13.8 Å². The molecule has 0 aliphatic carbocycles. The Labute approximate surface area is 105 Å². The highest BCUT2D eigenvalue weighted by Gasteiger charge is 2.14. The minimum atomic E-state index is -3.16. The van der Waals surface area contributed by atoms with Gasteiger partial charge < -0.3 is 0 Å². The fourth-order valence-corrected chi connectivity index (χ4v) is 1.84. The lowest BCUT2D eigenvalue weighted by molar-refractivity contribution is 0.572. The molecular weight excluding hydrogens is 234 g/mol. The molecule has 0 heterocycles. The third-order valence-electron chi connectivity index (χ3n) is 2.35. The lowest BCUT2D eigenvalue weighted by Crippen LogP contribution is -2.30. The van der Waals surface area contributed by atoms with Crippen molar-refractivity contribution in [2.24, 2.45) is 0 Å².